The van der Waals surface area contributed by atoms with E-state index in [9.17, 15) is 14.3 Å². The minimum absolute atomic E-state index is 0.0269. The predicted molar refractivity (Wildman–Crippen MR) is 114 cm³/mol. The molecule has 1 amide bonds. The largest absolute Gasteiger partial charge is 0.390 e. The van der Waals surface area contributed by atoms with Gasteiger partial charge in [-0.05, 0) is 24.8 Å². The number of carbonyl (C=O) groups is 1. The zero-order valence-corrected chi connectivity index (χ0v) is 18.0. The van der Waals surface area contributed by atoms with Gasteiger partial charge in [0.2, 0.25) is 0 Å². The van der Waals surface area contributed by atoms with E-state index in [4.69, 9.17) is 0 Å². The monoisotopic (exact) mass is 436 g/mol. The van der Waals surface area contributed by atoms with E-state index < -0.39 is 6.10 Å². The van der Waals surface area contributed by atoms with Crippen LogP contribution in [0.1, 0.15) is 16.9 Å². The lowest BCUT2D eigenvalue weighted by Gasteiger charge is -2.45. The molecule has 4 rings (SSSR count). The number of aliphatic hydroxyl groups is 1. The molecule has 0 saturated carbocycles. The number of nitrogens with zero attached hydrogens (tertiary/aromatic N) is 4. The molecule has 2 aromatic rings. The van der Waals surface area contributed by atoms with Gasteiger partial charge in [0.05, 0.1) is 11.8 Å². The predicted octanol–water partition coefficient (Wildman–Crippen LogP) is 2.40. The van der Waals surface area contributed by atoms with Gasteiger partial charge in [-0.3, -0.25) is 9.69 Å². The number of halogens is 1. The molecule has 2 aliphatic rings. The first-order chi connectivity index (χ1) is 14.1. The van der Waals surface area contributed by atoms with E-state index >= 15 is 0 Å². The summed E-state index contributed by atoms with van der Waals surface area (Å²) in [4.78, 5) is 23.1. The molecule has 0 bridgehead atoms. The van der Waals surface area contributed by atoms with Gasteiger partial charge in [-0.2, -0.15) is 0 Å². The maximum Gasteiger partial charge on any atom is 0.273 e. The van der Waals surface area contributed by atoms with E-state index in [0.29, 0.717) is 24.5 Å². The molecule has 3 heterocycles. The van der Waals surface area contributed by atoms with Crippen molar-refractivity contribution in [2.45, 2.75) is 22.9 Å². The lowest BCUT2D eigenvalue weighted by Crippen LogP contribution is -2.59. The number of thiazole rings is 1. The molecular weight excluding hydrogens is 411 g/mol. The van der Waals surface area contributed by atoms with Crippen molar-refractivity contribution < 1.29 is 14.3 Å². The van der Waals surface area contributed by atoms with Crippen molar-refractivity contribution >= 4 is 34.7 Å². The Kier molecular flexibility index (Phi) is 6.38. The molecule has 1 N–H and O–H groups in total. The van der Waals surface area contributed by atoms with Crippen molar-refractivity contribution in [1.82, 2.24) is 14.8 Å². The van der Waals surface area contributed by atoms with Crippen LogP contribution in [-0.2, 0) is 0 Å². The fraction of sp³-hybridized carbons (Fsp3) is 0.500. The Balaban J connectivity index is 1.32. The summed E-state index contributed by atoms with van der Waals surface area (Å²) >= 11 is 2.99. The van der Waals surface area contributed by atoms with Crippen molar-refractivity contribution in [3.8, 4) is 0 Å². The number of benzene rings is 1. The molecule has 156 valence electrons. The van der Waals surface area contributed by atoms with Crippen molar-refractivity contribution in [3.05, 3.63) is 41.2 Å². The molecule has 0 spiro atoms. The number of para-hydroxylation sites is 1. The Labute approximate surface area is 178 Å². The maximum absolute atomic E-state index is 14.0. The highest BCUT2D eigenvalue weighted by atomic mass is 32.2. The number of rotatable bonds is 4. The Morgan fingerprint density at radius 1 is 1.24 bits per heavy atom. The molecule has 2 fully saturated rings. The first-order valence-corrected chi connectivity index (χ1v) is 11.9. The van der Waals surface area contributed by atoms with Gasteiger partial charge in [0.1, 0.15) is 15.9 Å². The van der Waals surface area contributed by atoms with E-state index in [0.717, 1.165) is 36.9 Å². The van der Waals surface area contributed by atoms with Crippen LogP contribution in [0, 0.1) is 5.82 Å². The van der Waals surface area contributed by atoms with Gasteiger partial charge in [-0.25, -0.2) is 9.37 Å². The van der Waals surface area contributed by atoms with Crippen molar-refractivity contribution in [2.75, 3.05) is 50.4 Å². The minimum atomic E-state index is -0.591. The van der Waals surface area contributed by atoms with E-state index in [1.807, 2.05) is 18.4 Å². The summed E-state index contributed by atoms with van der Waals surface area (Å²) in [5.41, 5.74) is 1.10. The van der Waals surface area contributed by atoms with E-state index in [1.54, 1.807) is 16.3 Å². The van der Waals surface area contributed by atoms with Crippen LogP contribution >= 0.6 is 23.1 Å². The lowest BCUT2D eigenvalue weighted by atomic mass is 9.99. The topological polar surface area (TPSA) is 59.9 Å². The van der Waals surface area contributed by atoms with Gasteiger partial charge in [0.25, 0.3) is 5.91 Å². The van der Waals surface area contributed by atoms with Gasteiger partial charge >= 0.3 is 0 Å². The molecule has 2 saturated heterocycles. The standard InChI is InChI=1S/C20H25FN4O2S2/c1-28-20-22-15(13-29-20)19(27)25-7-6-17(18(26)12-25)24-10-8-23(9-11-24)16-5-3-2-4-14(16)21/h2-5,13,17-18,26H,6-12H2,1H3/t17-,18-/m0/s1. The molecule has 9 heteroatoms. The first kappa shape index (κ1) is 20.6. The number of β-amino-alcohol motifs (C(OH)–C–C–N with tert-alkyl or cyclic N) is 1. The first-order valence-electron chi connectivity index (χ1n) is 9.77. The van der Waals surface area contributed by atoms with Gasteiger partial charge < -0.3 is 14.9 Å². The molecule has 0 radical (unpaired) electrons. The molecule has 29 heavy (non-hydrogen) atoms. The third-order valence-electron chi connectivity index (χ3n) is 5.69. The molecule has 6 nitrogen and oxygen atoms in total. The number of amides is 1. The Hall–Kier alpha value is -1.68. The number of thioether (sulfide) groups is 1. The number of aliphatic hydroxyl groups excluding tert-OH is 1. The van der Waals surface area contributed by atoms with Gasteiger partial charge in [-0.1, -0.05) is 23.9 Å². The van der Waals surface area contributed by atoms with E-state index in [1.165, 1.54) is 29.2 Å². The quantitative estimate of drug-likeness (QED) is 0.743. The Morgan fingerprint density at radius 2 is 2.00 bits per heavy atom. The zero-order chi connectivity index (χ0) is 20.4. The van der Waals surface area contributed by atoms with Crippen LogP contribution in [0.5, 0.6) is 0 Å². The smallest absolute Gasteiger partial charge is 0.273 e. The highest BCUT2D eigenvalue weighted by Crippen LogP contribution is 2.25. The number of anilines is 1. The number of hydrogen-bond donors (Lipinski definition) is 1. The average molecular weight is 437 g/mol. The zero-order valence-electron chi connectivity index (χ0n) is 16.3. The number of aromatic nitrogens is 1. The van der Waals surface area contributed by atoms with Crippen LogP contribution < -0.4 is 4.90 Å². The molecule has 2 aliphatic heterocycles. The van der Waals surface area contributed by atoms with Crippen LogP contribution in [0.4, 0.5) is 10.1 Å². The van der Waals surface area contributed by atoms with Gasteiger partial charge in [-0.15, -0.1) is 11.3 Å². The summed E-state index contributed by atoms with van der Waals surface area (Å²) in [7, 11) is 0. The third-order valence-corrected chi connectivity index (χ3v) is 7.55. The van der Waals surface area contributed by atoms with Crippen molar-refractivity contribution in [3.63, 3.8) is 0 Å². The number of hydrogen-bond acceptors (Lipinski definition) is 7. The lowest BCUT2D eigenvalue weighted by molar-refractivity contribution is -0.0108. The van der Waals surface area contributed by atoms with Crippen LogP contribution in [0.25, 0.3) is 0 Å². The second-order valence-electron chi connectivity index (χ2n) is 7.35. The summed E-state index contributed by atoms with van der Waals surface area (Å²) in [6.07, 6.45) is 2.08. The molecule has 1 aromatic carbocycles. The second kappa shape index (κ2) is 8.99. The van der Waals surface area contributed by atoms with Crippen LogP contribution in [-0.4, -0.2) is 83.5 Å². The summed E-state index contributed by atoms with van der Waals surface area (Å²) in [5.74, 6) is -0.303. The number of likely N-dealkylation sites (tertiary alicyclic amines) is 1. The summed E-state index contributed by atoms with van der Waals surface area (Å²) < 4.78 is 14.9. The van der Waals surface area contributed by atoms with Gasteiger partial charge in [0, 0.05) is 50.7 Å². The minimum Gasteiger partial charge on any atom is -0.390 e. The Bertz CT molecular complexity index is 857. The molecule has 1 aromatic heterocycles. The fourth-order valence-electron chi connectivity index (χ4n) is 4.14. The normalized spacial score (nSPS) is 23.4. The molecule has 2 atom stereocenters. The summed E-state index contributed by atoms with van der Waals surface area (Å²) in [6, 6.07) is 6.88. The van der Waals surface area contributed by atoms with Crippen LogP contribution in [0.3, 0.4) is 0 Å². The third kappa shape index (κ3) is 4.42. The SMILES string of the molecule is CSc1nc(C(=O)N2CC[C@H](N3CCN(c4ccccc4F)CC3)[C@@H](O)C2)cs1. The summed E-state index contributed by atoms with van der Waals surface area (Å²) in [5, 5.41) is 12.5. The van der Waals surface area contributed by atoms with E-state index in [2.05, 4.69) is 14.8 Å². The molecule has 0 aliphatic carbocycles. The highest BCUT2D eigenvalue weighted by Gasteiger charge is 2.36. The summed E-state index contributed by atoms with van der Waals surface area (Å²) in [6.45, 7) is 3.93. The number of piperidine rings is 1. The second-order valence-corrected chi connectivity index (χ2v) is 9.26. The van der Waals surface area contributed by atoms with Crippen molar-refractivity contribution in [2.24, 2.45) is 0 Å². The van der Waals surface area contributed by atoms with Crippen molar-refractivity contribution in [1.29, 1.82) is 0 Å². The highest BCUT2D eigenvalue weighted by molar-refractivity contribution is 8.00. The number of piperazine rings is 1. The fourth-order valence-corrected chi connectivity index (χ4v) is 5.38. The average Bonchev–Trinajstić information content (AvgIpc) is 3.23. The van der Waals surface area contributed by atoms with Gasteiger partial charge in [0.15, 0.2) is 0 Å². The number of carbonyl (C=O) groups excluding carboxylic acids is 1. The van der Waals surface area contributed by atoms with E-state index in [-0.39, 0.29) is 17.8 Å². The molecule has 0 unspecified atom stereocenters. The van der Waals surface area contributed by atoms with Crippen LogP contribution in [0.15, 0.2) is 34.0 Å². The Morgan fingerprint density at radius 3 is 2.66 bits per heavy atom. The van der Waals surface area contributed by atoms with Crippen LogP contribution in [0.2, 0.25) is 0 Å². The maximum atomic E-state index is 14.0. The molecular formula is C20H25FN4O2S2.